The SMILES string of the molecule is CCCCCC(O)/C=C/C=N/Nc1c(F)c(F)c(F)c(F)c1F. The number of aliphatic hydroxyl groups is 1. The molecule has 0 heterocycles. The molecule has 0 saturated carbocycles. The number of allylic oxidation sites excluding steroid dienone is 1. The van der Waals surface area contributed by atoms with E-state index >= 15 is 0 Å². The van der Waals surface area contributed by atoms with Crippen LogP contribution in [-0.4, -0.2) is 17.4 Å². The van der Waals surface area contributed by atoms with E-state index in [0.717, 1.165) is 25.5 Å². The predicted octanol–water partition coefficient (Wildman–Crippen LogP) is 4.28. The van der Waals surface area contributed by atoms with Crippen LogP contribution in [0.2, 0.25) is 0 Å². The Morgan fingerprint density at radius 3 is 2.13 bits per heavy atom. The Morgan fingerprint density at radius 2 is 1.57 bits per heavy atom. The number of hydrogen-bond acceptors (Lipinski definition) is 3. The molecule has 0 aliphatic rings. The quantitative estimate of drug-likeness (QED) is 0.186. The number of aliphatic hydroxyl groups excluding tert-OH is 1. The topological polar surface area (TPSA) is 44.6 Å². The fourth-order valence-corrected chi connectivity index (χ4v) is 1.73. The van der Waals surface area contributed by atoms with Crippen molar-refractivity contribution in [3.8, 4) is 0 Å². The molecule has 0 saturated heterocycles. The summed E-state index contributed by atoms with van der Waals surface area (Å²) >= 11 is 0. The Bertz CT molecular complexity index is 561. The minimum atomic E-state index is -2.23. The molecule has 0 radical (unpaired) electrons. The summed E-state index contributed by atoms with van der Waals surface area (Å²) in [7, 11) is 0. The number of halogens is 5. The van der Waals surface area contributed by atoms with E-state index in [-0.39, 0.29) is 0 Å². The van der Waals surface area contributed by atoms with Crippen molar-refractivity contribution in [3.05, 3.63) is 41.2 Å². The van der Waals surface area contributed by atoms with Crippen LogP contribution in [0.3, 0.4) is 0 Å². The van der Waals surface area contributed by atoms with Crippen LogP contribution in [0.5, 0.6) is 0 Å². The number of anilines is 1. The highest BCUT2D eigenvalue weighted by Crippen LogP contribution is 2.26. The number of benzene rings is 1. The third kappa shape index (κ3) is 5.31. The van der Waals surface area contributed by atoms with Gasteiger partial charge < -0.3 is 5.11 Å². The zero-order valence-electron chi connectivity index (χ0n) is 12.4. The van der Waals surface area contributed by atoms with Crippen molar-refractivity contribution in [2.75, 3.05) is 5.43 Å². The van der Waals surface area contributed by atoms with Gasteiger partial charge in [-0.25, -0.2) is 22.0 Å². The zero-order chi connectivity index (χ0) is 17.4. The van der Waals surface area contributed by atoms with Crippen molar-refractivity contribution in [1.29, 1.82) is 0 Å². The summed E-state index contributed by atoms with van der Waals surface area (Å²) in [5.41, 5.74) is 0.515. The monoisotopic (exact) mass is 336 g/mol. The maximum atomic E-state index is 13.3. The fourth-order valence-electron chi connectivity index (χ4n) is 1.73. The number of unbranched alkanes of at least 4 members (excludes halogenated alkanes) is 2. The van der Waals surface area contributed by atoms with Gasteiger partial charge in [-0.3, -0.25) is 5.43 Å². The average Bonchev–Trinajstić information content (AvgIpc) is 2.54. The summed E-state index contributed by atoms with van der Waals surface area (Å²) in [6.45, 7) is 2.03. The number of hydrogen-bond donors (Lipinski definition) is 2. The van der Waals surface area contributed by atoms with Crippen molar-refractivity contribution < 1.29 is 27.1 Å². The molecule has 0 amide bonds. The van der Waals surface area contributed by atoms with Crippen LogP contribution in [0.15, 0.2) is 17.3 Å². The van der Waals surface area contributed by atoms with Gasteiger partial charge in [0, 0.05) is 6.21 Å². The summed E-state index contributed by atoms with van der Waals surface area (Å²) in [4.78, 5) is 0. The molecule has 8 heteroatoms. The van der Waals surface area contributed by atoms with Crippen molar-refractivity contribution in [2.45, 2.75) is 38.7 Å². The van der Waals surface area contributed by atoms with E-state index in [1.165, 1.54) is 12.2 Å². The lowest BCUT2D eigenvalue weighted by Crippen LogP contribution is -2.06. The molecule has 2 N–H and O–H groups in total. The van der Waals surface area contributed by atoms with Crippen LogP contribution in [0.4, 0.5) is 27.6 Å². The number of nitrogens with one attached hydrogen (secondary N) is 1. The number of rotatable bonds is 8. The molecule has 0 aliphatic carbocycles. The summed E-state index contributed by atoms with van der Waals surface area (Å²) in [6.07, 6.45) is 6.45. The largest absolute Gasteiger partial charge is 0.389 e. The van der Waals surface area contributed by atoms with E-state index in [1.807, 2.05) is 6.92 Å². The van der Waals surface area contributed by atoms with Crippen LogP contribution in [-0.2, 0) is 0 Å². The third-order valence-electron chi connectivity index (χ3n) is 2.98. The van der Waals surface area contributed by atoms with Crippen molar-refractivity contribution in [1.82, 2.24) is 0 Å². The minimum absolute atomic E-state index is 0.559. The lowest BCUT2D eigenvalue weighted by molar-refractivity contribution is 0.208. The maximum Gasteiger partial charge on any atom is 0.200 e. The highest BCUT2D eigenvalue weighted by Gasteiger charge is 2.25. The van der Waals surface area contributed by atoms with Gasteiger partial charge in [0.1, 0.15) is 5.69 Å². The summed E-state index contributed by atoms with van der Waals surface area (Å²) in [5.74, 6) is -10.3. The van der Waals surface area contributed by atoms with Crippen molar-refractivity contribution >= 4 is 11.9 Å². The van der Waals surface area contributed by atoms with E-state index in [4.69, 9.17) is 0 Å². The van der Waals surface area contributed by atoms with Crippen LogP contribution in [0.25, 0.3) is 0 Å². The second-order valence-electron chi connectivity index (χ2n) is 4.78. The van der Waals surface area contributed by atoms with Gasteiger partial charge >= 0.3 is 0 Å². The van der Waals surface area contributed by atoms with Gasteiger partial charge in [0.2, 0.25) is 5.82 Å². The molecular weight excluding hydrogens is 319 g/mol. The first-order valence-electron chi connectivity index (χ1n) is 7.05. The highest BCUT2D eigenvalue weighted by molar-refractivity contribution is 5.72. The molecule has 128 valence electrons. The van der Waals surface area contributed by atoms with E-state index < -0.39 is 40.9 Å². The molecule has 1 atom stereocenters. The third-order valence-corrected chi connectivity index (χ3v) is 2.98. The summed E-state index contributed by atoms with van der Waals surface area (Å²) in [5, 5.41) is 12.9. The van der Waals surface area contributed by atoms with Crippen molar-refractivity contribution in [3.63, 3.8) is 0 Å². The molecule has 0 aliphatic heterocycles. The van der Waals surface area contributed by atoms with Gasteiger partial charge in [0.15, 0.2) is 23.3 Å². The first kappa shape index (κ1) is 19.1. The number of nitrogens with zero attached hydrogens (tertiary/aromatic N) is 1. The zero-order valence-corrected chi connectivity index (χ0v) is 12.4. The van der Waals surface area contributed by atoms with Gasteiger partial charge in [-0.1, -0.05) is 32.3 Å². The molecule has 0 bridgehead atoms. The molecule has 0 fully saturated rings. The first-order valence-corrected chi connectivity index (χ1v) is 7.05. The Hall–Kier alpha value is -1.96. The molecule has 1 rings (SSSR count). The van der Waals surface area contributed by atoms with Crippen LogP contribution in [0.1, 0.15) is 32.6 Å². The molecule has 1 aromatic carbocycles. The number of hydrazone groups is 1. The first-order chi connectivity index (χ1) is 10.9. The van der Waals surface area contributed by atoms with Crippen LogP contribution >= 0.6 is 0 Å². The molecule has 3 nitrogen and oxygen atoms in total. The Morgan fingerprint density at radius 1 is 1.00 bits per heavy atom. The Kier molecular flexibility index (Phi) is 7.67. The summed E-state index contributed by atoms with van der Waals surface area (Å²) < 4.78 is 65.3. The van der Waals surface area contributed by atoms with E-state index in [1.54, 1.807) is 5.43 Å². The normalized spacial score (nSPS) is 13.2. The standard InChI is InChI=1S/C15H17F5N2O/c1-2-3-4-6-9(23)7-5-8-21-22-15-13(19)11(17)10(16)12(18)14(15)20/h5,7-9,22-23H,2-4,6H2,1H3/b7-5+,21-8+. The summed E-state index contributed by atoms with van der Waals surface area (Å²) in [6, 6.07) is 0. The second kappa shape index (κ2) is 9.24. The Balaban J connectivity index is 2.65. The maximum absolute atomic E-state index is 13.3. The fraction of sp³-hybridized carbons (Fsp3) is 0.400. The molecule has 23 heavy (non-hydrogen) atoms. The van der Waals surface area contributed by atoms with E-state index in [2.05, 4.69) is 5.10 Å². The smallest absolute Gasteiger partial charge is 0.200 e. The molecule has 0 spiro atoms. The van der Waals surface area contributed by atoms with Crippen LogP contribution in [0, 0.1) is 29.1 Å². The van der Waals surface area contributed by atoms with Gasteiger partial charge in [-0.05, 0) is 12.5 Å². The molecule has 1 unspecified atom stereocenters. The van der Waals surface area contributed by atoms with Crippen LogP contribution < -0.4 is 5.43 Å². The lowest BCUT2D eigenvalue weighted by Gasteiger charge is -2.06. The second-order valence-corrected chi connectivity index (χ2v) is 4.78. The van der Waals surface area contributed by atoms with E-state index in [9.17, 15) is 27.1 Å². The predicted molar refractivity (Wildman–Crippen MR) is 77.6 cm³/mol. The molecule has 0 aromatic heterocycles. The van der Waals surface area contributed by atoms with Gasteiger partial charge in [0.25, 0.3) is 0 Å². The highest BCUT2D eigenvalue weighted by atomic mass is 19.2. The molecular formula is C15H17F5N2O. The minimum Gasteiger partial charge on any atom is -0.389 e. The van der Waals surface area contributed by atoms with Gasteiger partial charge in [-0.15, -0.1) is 0 Å². The van der Waals surface area contributed by atoms with Crippen molar-refractivity contribution in [2.24, 2.45) is 5.10 Å². The lowest BCUT2D eigenvalue weighted by atomic mass is 10.1. The van der Waals surface area contributed by atoms with Gasteiger partial charge in [0.05, 0.1) is 6.10 Å². The van der Waals surface area contributed by atoms with E-state index in [0.29, 0.717) is 6.42 Å². The Labute approximate surface area is 130 Å². The average molecular weight is 336 g/mol. The molecule has 1 aromatic rings. The van der Waals surface area contributed by atoms with Gasteiger partial charge in [-0.2, -0.15) is 5.10 Å².